The fraction of sp³-hybridized carbons (Fsp3) is 0.333. The lowest BCUT2D eigenvalue weighted by Crippen LogP contribution is -2.28. The van der Waals surface area contributed by atoms with Gasteiger partial charge in [-0.3, -0.25) is 0 Å². The second-order valence-electron chi connectivity index (χ2n) is 5.85. The van der Waals surface area contributed by atoms with Crippen LogP contribution in [-0.4, -0.2) is 17.6 Å². The number of amides is 2. The normalized spacial score (nSPS) is 13.8. The van der Waals surface area contributed by atoms with E-state index in [1.54, 1.807) is 6.08 Å². The SMILES string of the molecule is C=CCNC(=O)Nc1ccc(NCc2cnc(C3CCC3)s2)cc1. The van der Waals surface area contributed by atoms with Crippen LogP contribution in [-0.2, 0) is 6.54 Å². The quantitative estimate of drug-likeness (QED) is 0.656. The van der Waals surface area contributed by atoms with Gasteiger partial charge in [-0.25, -0.2) is 9.78 Å². The van der Waals surface area contributed by atoms with Gasteiger partial charge in [0.25, 0.3) is 0 Å². The summed E-state index contributed by atoms with van der Waals surface area (Å²) in [7, 11) is 0. The van der Waals surface area contributed by atoms with E-state index in [1.807, 2.05) is 41.8 Å². The molecule has 1 heterocycles. The Hall–Kier alpha value is -2.34. The van der Waals surface area contributed by atoms with Crippen molar-refractivity contribution in [3.8, 4) is 0 Å². The van der Waals surface area contributed by atoms with Crippen molar-refractivity contribution in [2.45, 2.75) is 31.7 Å². The number of anilines is 2. The Labute approximate surface area is 146 Å². The molecule has 3 N–H and O–H groups in total. The lowest BCUT2D eigenvalue weighted by Gasteiger charge is -2.22. The number of benzene rings is 1. The van der Waals surface area contributed by atoms with Gasteiger partial charge in [0.2, 0.25) is 0 Å². The number of carbonyl (C=O) groups is 1. The van der Waals surface area contributed by atoms with Crippen LogP contribution in [0.1, 0.15) is 35.1 Å². The van der Waals surface area contributed by atoms with E-state index in [2.05, 4.69) is 27.5 Å². The molecule has 0 unspecified atom stereocenters. The van der Waals surface area contributed by atoms with E-state index in [0.29, 0.717) is 12.5 Å². The van der Waals surface area contributed by atoms with Gasteiger partial charge >= 0.3 is 6.03 Å². The predicted molar refractivity (Wildman–Crippen MR) is 99.7 cm³/mol. The zero-order valence-corrected chi connectivity index (χ0v) is 14.4. The van der Waals surface area contributed by atoms with E-state index in [9.17, 15) is 4.79 Å². The van der Waals surface area contributed by atoms with E-state index in [1.165, 1.54) is 29.1 Å². The van der Waals surface area contributed by atoms with Gasteiger partial charge in [-0.15, -0.1) is 17.9 Å². The zero-order chi connectivity index (χ0) is 16.8. The van der Waals surface area contributed by atoms with Gasteiger partial charge in [-0.2, -0.15) is 0 Å². The molecule has 126 valence electrons. The highest BCUT2D eigenvalue weighted by Crippen LogP contribution is 2.38. The summed E-state index contributed by atoms with van der Waals surface area (Å²) in [6, 6.07) is 7.43. The van der Waals surface area contributed by atoms with Crippen molar-refractivity contribution in [1.82, 2.24) is 10.3 Å². The molecule has 1 saturated carbocycles. The Morgan fingerprint density at radius 3 is 2.71 bits per heavy atom. The first-order valence-corrected chi connectivity index (χ1v) is 9.00. The molecular weight excluding hydrogens is 320 g/mol. The molecule has 1 aromatic carbocycles. The third kappa shape index (κ3) is 4.35. The number of aromatic nitrogens is 1. The first-order valence-electron chi connectivity index (χ1n) is 8.19. The summed E-state index contributed by atoms with van der Waals surface area (Å²) in [6.07, 6.45) is 7.53. The highest BCUT2D eigenvalue weighted by atomic mass is 32.1. The molecule has 2 aromatic rings. The summed E-state index contributed by atoms with van der Waals surface area (Å²) >= 11 is 1.81. The number of urea groups is 1. The number of nitrogens with zero attached hydrogens (tertiary/aromatic N) is 1. The fourth-order valence-electron chi connectivity index (χ4n) is 2.45. The Balaban J connectivity index is 1.48. The lowest BCUT2D eigenvalue weighted by atomic mass is 9.86. The molecule has 5 nitrogen and oxygen atoms in total. The summed E-state index contributed by atoms with van der Waals surface area (Å²) in [4.78, 5) is 17.4. The van der Waals surface area contributed by atoms with Crippen LogP contribution in [0.4, 0.5) is 16.2 Å². The van der Waals surface area contributed by atoms with Crippen LogP contribution in [0.25, 0.3) is 0 Å². The molecule has 1 fully saturated rings. The molecule has 24 heavy (non-hydrogen) atoms. The van der Waals surface area contributed by atoms with E-state index < -0.39 is 0 Å². The predicted octanol–water partition coefficient (Wildman–Crippen LogP) is 4.33. The van der Waals surface area contributed by atoms with Gasteiger partial charge in [-0.05, 0) is 37.1 Å². The van der Waals surface area contributed by atoms with Gasteiger partial charge in [0, 0.05) is 34.9 Å². The van der Waals surface area contributed by atoms with Crippen LogP contribution in [0.5, 0.6) is 0 Å². The molecule has 6 heteroatoms. The molecule has 0 saturated heterocycles. The summed E-state index contributed by atoms with van der Waals surface area (Å²) in [5.41, 5.74) is 1.78. The Morgan fingerprint density at radius 2 is 2.04 bits per heavy atom. The molecule has 0 spiro atoms. The number of hydrogen-bond donors (Lipinski definition) is 3. The largest absolute Gasteiger partial charge is 0.380 e. The maximum absolute atomic E-state index is 11.6. The number of carbonyl (C=O) groups excluding carboxylic acids is 1. The standard InChI is InChI=1S/C18H22N4OS/c1-2-10-19-18(23)22-15-8-6-14(7-9-15)20-11-16-12-21-17(24-16)13-4-3-5-13/h2,6-9,12-13,20H,1,3-5,10-11H2,(H2,19,22,23). The maximum Gasteiger partial charge on any atom is 0.319 e. The molecule has 1 aliphatic rings. The van der Waals surface area contributed by atoms with Crippen LogP contribution >= 0.6 is 11.3 Å². The van der Waals surface area contributed by atoms with Crippen LogP contribution in [0.3, 0.4) is 0 Å². The zero-order valence-electron chi connectivity index (χ0n) is 13.5. The molecule has 0 aliphatic heterocycles. The van der Waals surface area contributed by atoms with Crippen molar-refractivity contribution in [2.24, 2.45) is 0 Å². The van der Waals surface area contributed by atoms with Crippen molar-refractivity contribution in [2.75, 3.05) is 17.2 Å². The molecule has 1 aliphatic carbocycles. The molecule has 3 rings (SSSR count). The lowest BCUT2D eigenvalue weighted by molar-refractivity contribution is 0.253. The number of hydrogen-bond acceptors (Lipinski definition) is 4. The van der Waals surface area contributed by atoms with Gasteiger partial charge in [0.15, 0.2) is 0 Å². The number of thiazole rings is 1. The molecule has 0 atom stereocenters. The average Bonchev–Trinajstić information content (AvgIpc) is 2.99. The molecule has 0 bridgehead atoms. The Morgan fingerprint density at radius 1 is 1.29 bits per heavy atom. The van der Waals surface area contributed by atoms with E-state index in [-0.39, 0.29) is 6.03 Å². The van der Waals surface area contributed by atoms with E-state index in [0.717, 1.165) is 17.9 Å². The van der Waals surface area contributed by atoms with Crippen molar-refractivity contribution in [3.05, 3.63) is 53.0 Å². The van der Waals surface area contributed by atoms with Crippen molar-refractivity contribution >= 4 is 28.7 Å². The highest BCUT2D eigenvalue weighted by molar-refractivity contribution is 7.11. The minimum Gasteiger partial charge on any atom is -0.380 e. The minimum atomic E-state index is -0.233. The number of rotatable bonds is 7. The van der Waals surface area contributed by atoms with Crippen LogP contribution in [0, 0.1) is 0 Å². The smallest absolute Gasteiger partial charge is 0.319 e. The van der Waals surface area contributed by atoms with Gasteiger partial charge < -0.3 is 16.0 Å². The molecule has 0 radical (unpaired) electrons. The van der Waals surface area contributed by atoms with Crippen LogP contribution < -0.4 is 16.0 Å². The molecule has 1 aromatic heterocycles. The van der Waals surface area contributed by atoms with Crippen LogP contribution in [0.2, 0.25) is 0 Å². The monoisotopic (exact) mass is 342 g/mol. The fourth-order valence-corrected chi connectivity index (χ4v) is 3.48. The average molecular weight is 342 g/mol. The van der Waals surface area contributed by atoms with Crippen molar-refractivity contribution in [1.29, 1.82) is 0 Å². The number of nitrogens with one attached hydrogen (secondary N) is 3. The molecular formula is C18H22N4OS. The second kappa shape index (κ2) is 7.97. The van der Waals surface area contributed by atoms with Crippen molar-refractivity contribution in [3.63, 3.8) is 0 Å². The maximum atomic E-state index is 11.6. The van der Waals surface area contributed by atoms with E-state index >= 15 is 0 Å². The topological polar surface area (TPSA) is 66.1 Å². The van der Waals surface area contributed by atoms with Crippen molar-refractivity contribution < 1.29 is 4.79 Å². The third-order valence-electron chi connectivity index (χ3n) is 4.04. The summed E-state index contributed by atoms with van der Waals surface area (Å²) < 4.78 is 0. The minimum absolute atomic E-state index is 0.233. The van der Waals surface area contributed by atoms with Crippen LogP contribution in [0.15, 0.2) is 43.1 Å². The Kier molecular flexibility index (Phi) is 5.48. The first-order chi connectivity index (χ1) is 11.7. The summed E-state index contributed by atoms with van der Waals surface area (Å²) in [5, 5.41) is 10.1. The van der Waals surface area contributed by atoms with Gasteiger partial charge in [-0.1, -0.05) is 12.5 Å². The van der Waals surface area contributed by atoms with Gasteiger partial charge in [0.05, 0.1) is 11.6 Å². The molecule has 2 amide bonds. The van der Waals surface area contributed by atoms with E-state index in [4.69, 9.17) is 0 Å². The third-order valence-corrected chi connectivity index (χ3v) is 5.20. The first kappa shape index (κ1) is 16.5. The summed E-state index contributed by atoms with van der Waals surface area (Å²) in [6.45, 7) is 4.78. The summed E-state index contributed by atoms with van der Waals surface area (Å²) in [5.74, 6) is 0.696. The second-order valence-corrected chi connectivity index (χ2v) is 6.99. The highest BCUT2D eigenvalue weighted by Gasteiger charge is 2.22. The van der Waals surface area contributed by atoms with Gasteiger partial charge in [0.1, 0.15) is 0 Å². The Bertz CT molecular complexity index is 691.